The van der Waals surface area contributed by atoms with Crippen molar-refractivity contribution in [3.63, 3.8) is 0 Å². The number of methoxy groups -OCH3 is 1. The molecule has 1 heterocycles. The van der Waals surface area contributed by atoms with Gasteiger partial charge in [0.25, 0.3) is 0 Å². The van der Waals surface area contributed by atoms with E-state index < -0.39 is 12.1 Å². The van der Waals surface area contributed by atoms with Crippen LogP contribution in [0.15, 0.2) is 18.2 Å². The van der Waals surface area contributed by atoms with Gasteiger partial charge in [-0.2, -0.15) is 13.2 Å². The number of carboxylic acid groups (broad SMARTS) is 1. The first-order valence-corrected chi connectivity index (χ1v) is 8.66. The molecular formula is C19H24F3NO5. The summed E-state index contributed by atoms with van der Waals surface area (Å²) in [4.78, 5) is 34.8. The maximum Gasteiger partial charge on any atom is 0.490 e. The lowest BCUT2D eigenvalue weighted by atomic mass is 9.87. The summed E-state index contributed by atoms with van der Waals surface area (Å²) in [5.41, 5.74) is 3.07. The maximum atomic E-state index is 12.6. The number of ketones is 1. The molecule has 0 spiro atoms. The standard InChI is InChI=1S/C17H23NO3.C2HF3O2/c1-12-4-5-15(13(2)10-12)17(20)14-6-8-18(9-7-14)11-16(19)21-3;3-2(4,5)1(6)7/h4-5,10,14H,6-9,11H2,1-3H3;(H,6,7). The highest BCUT2D eigenvalue weighted by molar-refractivity contribution is 5.99. The molecule has 1 aromatic rings. The second kappa shape index (κ2) is 10.2. The average Bonchev–Trinajstić information content (AvgIpc) is 2.61. The number of halogens is 3. The SMILES string of the molecule is COC(=O)CN1CCC(C(=O)c2ccc(C)cc2C)CC1.O=C(O)C(F)(F)F. The normalized spacial score (nSPS) is 15.4. The van der Waals surface area contributed by atoms with Gasteiger partial charge in [-0.25, -0.2) is 4.79 Å². The van der Waals surface area contributed by atoms with Crippen molar-refractivity contribution in [2.24, 2.45) is 5.92 Å². The van der Waals surface area contributed by atoms with E-state index in [1.807, 2.05) is 26.0 Å². The van der Waals surface area contributed by atoms with Crippen molar-refractivity contribution in [2.45, 2.75) is 32.9 Å². The molecule has 1 N–H and O–H groups in total. The fourth-order valence-corrected chi connectivity index (χ4v) is 2.91. The molecule has 1 aliphatic heterocycles. The smallest absolute Gasteiger partial charge is 0.475 e. The number of rotatable bonds is 4. The third-order valence-electron chi connectivity index (χ3n) is 4.43. The number of aryl methyl sites for hydroxylation is 2. The van der Waals surface area contributed by atoms with Gasteiger partial charge in [-0.3, -0.25) is 14.5 Å². The molecule has 1 saturated heterocycles. The van der Waals surface area contributed by atoms with Crippen molar-refractivity contribution in [1.82, 2.24) is 4.90 Å². The summed E-state index contributed by atoms with van der Waals surface area (Å²) >= 11 is 0. The number of nitrogens with zero attached hydrogens (tertiary/aromatic N) is 1. The van der Waals surface area contributed by atoms with Crippen LogP contribution in [0.1, 0.15) is 34.3 Å². The Morgan fingerprint density at radius 2 is 1.71 bits per heavy atom. The van der Waals surface area contributed by atoms with E-state index >= 15 is 0 Å². The Bertz CT molecular complexity index is 710. The molecule has 0 unspecified atom stereocenters. The molecule has 1 fully saturated rings. The van der Waals surface area contributed by atoms with Crippen LogP contribution < -0.4 is 0 Å². The van der Waals surface area contributed by atoms with Crippen LogP contribution in [-0.4, -0.2) is 60.6 Å². The van der Waals surface area contributed by atoms with Crippen LogP contribution in [0.25, 0.3) is 0 Å². The summed E-state index contributed by atoms with van der Waals surface area (Å²) in [6.45, 7) is 5.90. The lowest BCUT2D eigenvalue weighted by Crippen LogP contribution is -2.39. The van der Waals surface area contributed by atoms with E-state index in [1.54, 1.807) is 0 Å². The van der Waals surface area contributed by atoms with Crippen LogP contribution in [0.3, 0.4) is 0 Å². The summed E-state index contributed by atoms with van der Waals surface area (Å²) < 4.78 is 36.4. The average molecular weight is 403 g/mol. The largest absolute Gasteiger partial charge is 0.490 e. The molecule has 9 heteroatoms. The molecule has 0 aliphatic carbocycles. The van der Waals surface area contributed by atoms with E-state index in [1.165, 1.54) is 12.7 Å². The topological polar surface area (TPSA) is 83.9 Å². The second-order valence-corrected chi connectivity index (χ2v) is 6.61. The van der Waals surface area contributed by atoms with Crippen LogP contribution in [0.2, 0.25) is 0 Å². The van der Waals surface area contributed by atoms with Crippen molar-refractivity contribution in [3.05, 3.63) is 34.9 Å². The molecule has 0 saturated carbocycles. The number of benzene rings is 1. The molecule has 0 aromatic heterocycles. The number of alkyl halides is 3. The van der Waals surface area contributed by atoms with E-state index in [0.29, 0.717) is 6.54 Å². The highest BCUT2D eigenvalue weighted by Crippen LogP contribution is 2.23. The van der Waals surface area contributed by atoms with Gasteiger partial charge < -0.3 is 9.84 Å². The van der Waals surface area contributed by atoms with Crippen LogP contribution in [-0.2, 0) is 14.3 Å². The number of Topliss-reactive ketones (excluding diaryl/α,β-unsaturated/α-hetero) is 1. The van der Waals surface area contributed by atoms with Gasteiger partial charge in [0.05, 0.1) is 13.7 Å². The van der Waals surface area contributed by atoms with Gasteiger partial charge in [0, 0.05) is 11.5 Å². The molecule has 6 nitrogen and oxygen atoms in total. The number of likely N-dealkylation sites (tertiary alicyclic amines) is 1. The first kappa shape index (κ1) is 23.6. The highest BCUT2D eigenvalue weighted by atomic mass is 19.4. The summed E-state index contributed by atoms with van der Waals surface area (Å²) in [6.07, 6.45) is -3.47. The number of esters is 1. The van der Waals surface area contributed by atoms with E-state index in [0.717, 1.165) is 37.1 Å². The molecule has 1 aromatic carbocycles. The van der Waals surface area contributed by atoms with Crippen LogP contribution >= 0.6 is 0 Å². The van der Waals surface area contributed by atoms with Gasteiger partial charge in [-0.1, -0.05) is 23.8 Å². The Balaban J connectivity index is 0.000000480. The number of piperidine rings is 1. The number of hydrogen-bond donors (Lipinski definition) is 1. The monoisotopic (exact) mass is 403 g/mol. The Hall–Kier alpha value is -2.42. The molecule has 1 aliphatic rings. The number of carbonyl (C=O) groups is 3. The Morgan fingerprint density at radius 1 is 1.18 bits per heavy atom. The zero-order chi connectivity index (χ0) is 21.5. The van der Waals surface area contributed by atoms with Crippen molar-refractivity contribution in [1.29, 1.82) is 0 Å². The lowest BCUT2D eigenvalue weighted by Gasteiger charge is -2.30. The van der Waals surface area contributed by atoms with Crippen LogP contribution in [0.5, 0.6) is 0 Å². The molecule has 2 rings (SSSR count). The van der Waals surface area contributed by atoms with Crippen molar-refractivity contribution < 1.29 is 37.4 Å². The van der Waals surface area contributed by atoms with Crippen molar-refractivity contribution in [3.8, 4) is 0 Å². The summed E-state index contributed by atoms with van der Waals surface area (Å²) in [5.74, 6) is -2.66. The Labute approximate surface area is 161 Å². The number of aliphatic carboxylic acids is 1. The number of hydrogen-bond acceptors (Lipinski definition) is 5. The van der Waals surface area contributed by atoms with Crippen molar-refractivity contribution in [2.75, 3.05) is 26.7 Å². The minimum absolute atomic E-state index is 0.0697. The Kier molecular flexibility index (Phi) is 8.62. The van der Waals surface area contributed by atoms with E-state index in [2.05, 4.69) is 15.7 Å². The number of carbonyl (C=O) groups excluding carboxylic acids is 2. The molecule has 0 atom stereocenters. The third kappa shape index (κ3) is 7.30. The van der Waals surface area contributed by atoms with Crippen LogP contribution in [0, 0.1) is 19.8 Å². The number of ether oxygens (including phenoxy) is 1. The van der Waals surface area contributed by atoms with Gasteiger partial charge in [0.2, 0.25) is 0 Å². The minimum Gasteiger partial charge on any atom is -0.475 e. The maximum absolute atomic E-state index is 12.6. The fourth-order valence-electron chi connectivity index (χ4n) is 2.91. The highest BCUT2D eigenvalue weighted by Gasteiger charge is 2.38. The predicted molar refractivity (Wildman–Crippen MR) is 95.1 cm³/mol. The summed E-state index contributed by atoms with van der Waals surface area (Å²) in [6, 6.07) is 5.99. The van der Waals surface area contributed by atoms with Gasteiger partial charge >= 0.3 is 18.1 Å². The number of carboxylic acids is 1. The minimum atomic E-state index is -5.08. The molecule has 0 amide bonds. The molecule has 28 heavy (non-hydrogen) atoms. The van der Waals surface area contributed by atoms with Gasteiger partial charge in [-0.05, 0) is 45.3 Å². The fraction of sp³-hybridized carbons (Fsp3) is 0.526. The first-order chi connectivity index (χ1) is 13.0. The second-order valence-electron chi connectivity index (χ2n) is 6.61. The summed E-state index contributed by atoms with van der Waals surface area (Å²) in [5, 5.41) is 7.12. The van der Waals surface area contributed by atoms with E-state index in [9.17, 15) is 22.8 Å². The van der Waals surface area contributed by atoms with Crippen LogP contribution in [0.4, 0.5) is 13.2 Å². The van der Waals surface area contributed by atoms with Gasteiger partial charge in [-0.15, -0.1) is 0 Å². The zero-order valence-corrected chi connectivity index (χ0v) is 16.0. The zero-order valence-electron chi connectivity index (χ0n) is 16.0. The molecule has 156 valence electrons. The molecular weight excluding hydrogens is 379 g/mol. The van der Waals surface area contributed by atoms with E-state index in [-0.39, 0.29) is 17.7 Å². The third-order valence-corrected chi connectivity index (χ3v) is 4.43. The molecule has 0 radical (unpaired) electrons. The first-order valence-electron chi connectivity index (χ1n) is 8.66. The Morgan fingerprint density at radius 3 is 2.14 bits per heavy atom. The molecule has 0 bridgehead atoms. The van der Waals surface area contributed by atoms with Crippen molar-refractivity contribution >= 4 is 17.7 Å². The predicted octanol–water partition coefficient (Wildman–Crippen LogP) is 3.00. The quantitative estimate of drug-likeness (QED) is 0.615. The summed E-state index contributed by atoms with van der Waals surface area (Å²) in [7, 11) is 1.40. The lowest BCUT2D eigenvalue weighted by molar-refractivity contribution is -0.192. The van der Waals surface area contributed by atoms with E-state index in [4.69, 9.17) is 9.90 Å². The van der Waals surface area contributed by atoms with Gasteiger partial charge in [0.1, 0.15) is 0 Å². The van der Waals surface area contributed by atoms with Gasteiger partial charge in [0.15, 0.2) is 5.78 Å².